The summed E-state index contributed by atoms with van der Waals surface area (Å²) in [7, 11) is 0. The minimum Gasteiger partial charge on any atom is -0.478 e. The highest BCUT2D eigenvalue weighted by molar-refractivity contribution is 5.87. The van der Waals surface area contributed by atoms with Gasteiger partial charge in [0.15, 0.2) is 0 Å². The molecule has 4 heteroatoms. The highest BCUT2D eigenvalue weighted by Gasteiger charge is 2.08. The number of benzene rings is 1. The monoisotopic (exact) mass is 258 g/mol. The lowest BCUT2D eigenvalue weighted by Crippen LogP contribution is -2.07. The Kier molecular flexibility index (Phi) is 4.00. The summed E-state index contributed by atoms with van der Waals surface area (Å²) < 4.78 is 1.96. The molecular weight excluding hydrogens is 240 g/mol. The van der Waals surface area contributed by atoms with Crippen LogP contribution in [0.25, 0.3) is 0 Å². The Labute approximate surface area is 112 Å². The van der Waals surface area contributed by atoms with Crippen molar-refractivity contribution in [3.8, 4) is 0 Å². The van der Waals surface area contributed by atoms with E-state index >= 15 is 0 Å². The SMILES string of the molecule is CCc1cc(CC)n(Cc2cccc(C(=O)O)c2)n1. The van der Waals surface area contributed by atoms with E-state index < -0.39 is 5.97 Å². The Balaban J connectivity index is 2.27. The molecule has 0 saturated heterocycles. The van der Waals surface area contributed by atoms with Crippen LogP contribution in [-0.4, -0.2) is 20.9 Å². The predicted molar refractivity (Wildman–Crippen MR) is 73.5 cm³/mol. The average molecular weight is 258 g/mol. The minimum absolute atomic E-state index is 0.318. The molecule has 2 aromatic rings. The first-order valence-electron chi connectivity index (χ1n) is 6.51. The second kappa shape index (κ2) is 5.69. The van der Waals surface area contributed by atoms with Gasteiger partial charge in [-0.1, -0.05) is 26.0 Å². The van der Waals surface area contributed by atoms with Crippen molar-refractivity contribution in [1.29, 1.82) is 0 Å². The largest absolute Gasteiger partial charge is 0.478 e. The molecule has 0 fully saturated rings. The normalized spacial score (nSPS) is 10.6. The predicted octanol–water partition coefficient (Wildman–Crippen LogP) is 2.75. The Bertz CT molecular complexity index is 588. The number of carboxylic acid groups (broad SMARTS) is 1. The topological polar surface area (TPSA) is 55.1 Å². The quantitative estimate of drug-likeness (QED) is 0.897. The van der Waals surface area contributed by atoms with Gasteiger partial charge in [0.05, 0.1) is 17.8 Å². The molecule has 0 unspecified atom stereocenters. The van der Waals surface area contributed by atoms with Gasteiger partial charge in [-0.15, -0.1) is 0 Å². The number of nitrogens with zero attached hydrogens (tertiary/aromatic N) is 2. The lowest BCUT2D eigenvalue weighted by Gasteiger charge is -2.06. The second-order valence-electron chi connectivity index (χ2n) is 4.50. The first kappa shape index (κ1) is 13.3. The van der Waals surface area contributed by atoms with Crippen LogP contribution in [0.2, 0.25) is 0 Å². The maximum atomic E-state index is 11.0. The Hall–Kier alpha value is -2.10. The van der Waals surface area contributed by atoms with E-state index in [0.717, 1.165) is 24.1 Å². The van der Waals surface area contributed by atoms with Gasteiger partial charge in [-0.05, 0) is 36.6 Å². The van der Waals surface area contributed by atoms with Gasteiger partial charge in [-0.25, -0.2) is 4.79 Å². The molecule has 0 saturated carbocycles. The Morgan fingerprint density at radius 2 is 2.05 bits per heavy atom. The molecule has 1 aromatic heterocycles. The number of aromatic nitrogens is 2. The van der Waals surface area contributed by atoms with Crippen LogP contribution in [0, 0.1) is 0 Å². The van der Waals surface area contributed by atoms with Gasteiger partial charge in [-0.3, -0.25) is 4.68 Å². The number of aryl methyl sites for hydroxylation is 2. The van der Waals surface area contributed by atoms with Crippen molar-refractivity contribution >= 4 is 5.97 Å². The van der Waals surface area contributed by atoms with E-state index in [1.54, 1.807) is 18.2 Å². The molecule has 19 heavy (non-hydrogen) atoms. The molecule has 4 nitrogen and oxygen atoms in total. The fourth-order valence-electron chi connectivity index (χ4n) is 2.08. The Morgan fingerprint density at radius 1 is 1.26 bits per heavy atom. The molecule has 1 N–H and O–H groups in total. The third-order valence-corrected chi connectivity index (χ3v) is 3.14. The highest BCUT2D eigenvalue weighted by Crippen LogP contribution is 2.11. The zero-order valence-electron chi connectivity index (χ0n) is 11.3. The summed E-state index contributed by atoms with van der Waals surface area (Å²) in [6, 6.07) is 9.12. The van der Waals surface area contributed by atoms with Crippen molar-refractivity contribution in [1.82, 2.24) is 9.78 Å². The van der Waals surface area contributed by atoms with Gasteiger partial charge in [0, 0.05) is 5.69 Å². The third-order valence-electron chi connectivity index (χ3n) is 3.14. The van der Waals surface area contributed by atoms with E-state index in [1.165, 1.54) is 5.69 Å². The molecule has 0 spiro atoms. The molecule has 0 atom stereocenters. The summed E-state index contributed by atoms with van der Waals surface area (Å²) >= 11 is 0. The maximum Gasteiger partial charge on any atom is 0.335 e. The summed E-state index contributed by atoms with van der Waals surface area (Å²) in [5.41, 5.74) is 3.53. The van der Waals surface area contributed by atoms with E-state index in [9.17, 15) is 4.79 Å². The van der Waals surface area contributed by atoms with Crippen LogP contribution in [-0.2, 0) is 19.4 Å². The van der Waals surface area contributed by atoms with Crippen LogP contribution < -0.4 is 0 Å². The summed E-state index contributed by atoms with van der Waals surface area (Å²) in [4.78, 5) is 11.0. The van der Waals surface area contributed by atoms with Crippen LogP contribution in [0.5, 0.6) is 0 Å². The number of rotatable bonds is 5. The molecule has 0 bridgehead atoms. The highest BCUT2D eigenvalue weighted by atomic mass is 16.4. The van der Waals surface area contributed by atoms with Crippen LogP contribution in [0.4, 0.5) is 0 Å². The van der Waals surface area contributed by atoms with E-state index in [-0.39, 0.29) is 0 Å². The number of hydrogen-bond acceptors (Lipinski definition) is 2. The van der Waals surface area contributed by atoms with Crippen molar-refractivity contribution in [3.63, 3.8) is 0 Å². The molecule has 2 rings (SSSR count). The molecule has 0 amide bonds. The zero-order valence-corrected chi connectivity index (χ0v) is 11.3. The summed E-state index contributed by atoms with van der Waals surface area (Å²) in [6.45, 7) is 4.79. The maximum absolute atomic E-state index is 11.0. The summed E-state index contributed by atoms with van der Waals surface area (Å²) in [6.07, 6.45) is 1.83. The van der Waals surface area contributed by atoms with Crippen LogP contribution in [0.1, 0.15) is 41.2 Å². The second-order valence-corrected chi connectivity index (χ2v) is 4.50. The van der Waals surface area contributed by atoms with Crippen molar-refractivity contribution in [2.24, 2.45) is 0 Å². The fourth-order valence-corrected chi connectivity index (χ4v) is 2.08. The molecule has 1 heterocycles. The van der Waals surface area contributed by atoms with E-state index in [1.807, 2.05) is 10.7 Å². The average Bonchev–Trinajstić information content (AvgIpc) is 2.81. The smallest absolute Gasteiger partial charge is 0.335 e. The zero-order chi connectivity index (χ0) is 13.8. The van der Waals surface area contributed by atoms with Crippen LogP contribution >= 0.6 is 0 Å². The Morgan fingerprint density at radius 3 is 2.68 bits per heavy atom. The summed E-state index contributed by atoms with van der Waals surface area (Å²) in [5.74, 6) is -0.896. The first-order valence-corrected chi connectivity index (χ1v) is 6.51. The van der Waals surface area contributed by atoms with Crippen molar-refractivity contribution in [2.45, 2.75) is 33.2 Å². The van der Waals surface area contributed by atoms with Gasteiger partial charge in [-0.2, -0.15) is 5.10 Å². The summed E-state index contributed by atoms with van der Waals surface area (Å²) in [5, 5.41) is 13.5. The van der Waals surface area contributed by atoms with Crippen molar-refractivity contribution in [2.75, 3.05) is 0 Å². The molecule has 100 valence electrons. The van der Waals surface area contributed by atoms with Gasteiger partial charge in [0.25, 0.3) is 0 Å². The molecule has 0 radical (unpaired) electrons. The molecule has 0 aliphatic rings. The van der Waals surface area contributed by atoms with Crippen molar-refractivity contribution in [3.05, 3.63) is 52.8 Å². The number of hydrogen-bond donors (Lipinski definition) is 1. The van der Waals surface area contributed by atoms with Gasteiger partial charge >= 0.3 is 5.97 Å². The number of carboxylic acids is 1. The van der Waals surface area contributed by atoms with E-state index in [4.69, 9.17) is 5.11 Å². The van der Waals surface area contributed by atoms with Gasteiger partial charge in [0.2, 0.25) is 0 Å². The molecule has 0 aliphatic carbocycles. The van der Waals surface area contributed by atoms with Crippen LogP contribution in [0.15, 0.2) is 30.3 Å². The van der Waals surface area contributed by atoms with Gasteiger partial charge in [0.1, 0.15) is 0 Å². The first-order chi connectivity index (χ1) is 9.13. The lowest BCUT2D eigenvalue weighted by atomic mass is 10.1. The lowest BCUT2D eigenvalue weighted by molar-refractivity contribution is 0.0696. The van der Waals surface area contributed by atoms with E-state index in [2.05, 4.69) is 25.0 Å². The van der Waals surface area contributed by atoms with Crippen molar-refractivity contribution < 1.29 is 9.90 Å². The number of aromatic carboxylic acids is 1. The standard InChI is InChI=1S/C15H18N2O2/c1-3-13-9-14(4-2)17(16-13)10-11-6-5-7-12(8-11)15(18)19/h5-9H,3-4,10H2,1-2H3,(H,18,19). The fraction of sp³-hybridized carbons (Fsp3) is 0.333. The van der Waals surface area contributed by atoms with E-state index in [0.29, 0.717) is 12.1 Å². The molecule has 0 aliphatic heterocycles. The van der Waals surface area contributed by atoms with Gasteiger partial charge < -0.3 is 5.11 Å². The minimum atomic E-state index is -0.896. The molecule has 1 aromatic carbocycles. The third kappa shape index (κ3) is 3.02. The molecular formula is C15H18N2O2. The van der Waals surface area contributed by atoms with Crippen LogP contribution in [0.3, 0.4) is 0 Å². The number of carbonyl (C=O) groups is 1.